The van der Waals surface area contributed by atoms with Crippen LogP contribution in [0, 0.1) is 5.92 Å². The second-order valence-electron chi connectivity index (χ2n) is 3.80. The van der Waals surface area contributed by atoms with Gasteiger partial charge in [0.05, 0.1) is 9.07 Å². The van der Waals surface area contributed by atoms with Gasteiger partial charge in [-0.05, 0) is 18.9 Å². The molecular weight excluding hydrogens is 232 g/mol. The first kappa shape index (κ1) is 12.3. The van der Waals surface area contributed by atoms with Crippen molar-refractivity contribution in [1.82, 2.24) is 0 Å². The molecule has 0 N–H and O–H groups in total. The summed E-state index contributed by atoms with van der Waals surface area (Å²) in [6, 6.07) is 0. The highest BCUT2D eigenvalue weighted by molar-refractivity contribution is 8.11. The minimum atomic E-state index is -0.284. The Morgan fingerprint density at radius 2 is 2.29 bits per heavy atom. The number of alkyl halides is 1. The van der Waals surface area contributed by atoms with Gasteiger partial charge in [-0.15, -0.1) is 24.2 Å². The van der Waals surface area contributed by atoms with Crippen LogP contribution in [0.4, 0.5) is 0 Å². The molecule has 78 valence electrons. The van der Waals surface area contributed by atoms with Crippen molar-refractivity contribution in [3.63, 3.8) is 0 Å². The van der Waals surface area contributed by atoms with Gasteiger partial charge in [-0.3, -0.25) is 0 Å². The summed E-state index contributed by atoms with van der Waals surface area (Å²) < 4.78 is 0.664. The van der Waals surface area contributed by atoms with Crippen molar-refractivity contribution in [3.8, 4) is 0 Å². The van der Waals surface area contributed by atoms with Gasteiger partial charge in [0, 0.05) is 5.92 Å². The van der Waals surface area contributed by atoms with Crippen LogP contribution < -0.4 is 0 Å². The summed E-state index contributed by atoms with van der Waals surface area (Å²) in [4.78, 5) is -0.284. The standard InChI is InChI=1S/C11H15ClS2/c1-4-8-7(2)11(3,12)6-5-9(8)10(13)14/h5-7H,4H2,1-3H3,(H,13,14). The third-order valence-electron chi connectivity index (χ3n) is 2.90. The molecule has 0 amide bonds. The van der Waals surface area contributed by atoms with E-state index in [0.717, 1.165) is 12.0 Å². The van der Waals surface area contributed by atoms with Crippen LogP contribution in [0.25, 0.3) is 0 Å². The first-order valence-electron chi connectivity index (χ1n) is 4.74. The fourth-order valence-electron chi connectivity index (χ4n) is 1.78. The average molecular weight is 247 g/mol. The van der Waals surface area contributed by atoms with E-state index in [2.05, 4.69) is 26.5 Å². The molecule has 0 radical (unpaired) electrons. The minimum Gasteiger partial charge on any atom is -0.131 e. The predicted molar refractivity (Wildman–Crippen MR) is 71.5 cm³/mol. The minimum absolute atomic E-state index is 0.284. The molecule has 0 aromatic carbocycles. The third-order valence-corrected chi connectivity index (χ3v) is 3.82. The molecule has 1 aliphatic rings. The van der Waals surface area contributed by atoms with Gasteiger partial charge in [-0.25, -0.2) is 0 Å². The lowest BCUT2D eigenvalue weighted by molar-refractivity contribution is 0.540. The van der Waals surface area contributed by atoms with E-state index in [0.29, 0.717) is 10.1 Å². The van der Waals surface area contributed by atoms with E-state index < -0.39 is 0 Å². The van der Waals surface area contributed by atoms with Gasteiger partial charge < -0.3 is 0 Å². The molecule has 1 rings (SSSR count). The summed E-state index contributed by atoms with van der Waals surface area (Å²) in [6.07, 6.45) is 4.99. The summed E-state index contributed by atoms with van der Waals surface area (Å²) in [6.45, 7) is 6.30. The Balaban J connectivity index is 3.17. The van der Waals surface area contributed by atoms with Crippen LogP contribution in [0.15, 0.2) is 23.3 Å². The van der Waals surface area contributed by atoms with Gasteiger partial charge in [0.25, 0.3) is 0 Å². The molecule has 0 saturated carbocycles. The third kappa shape index (κ3) is 2.23. The van der Waals surface area contributed by atoms with Crippen LogP contribution in [-0.4, -0.2) is 9.07 Å². The van der Waals surface area contributed by atoms with Gasteiger partial charge in [-0.2, -0.15) is 0 Å². The average Bonchev–Trinajstić information content (AvgIpc) is 2.09. The Morgan fingerprint density at radius 3 is 2.71 bits per heavy atom. The predicted octanol–water partition coefficient (Wildman–Crippen LogP) is 4.15. The number of allylic oxidation sites excluding steroid dienone is 3. The van der Waals surface area contributed by atoms with Crippen molar-refractivity contribution in [1.29, 1.82) is 0 Å². The molecule has 0 fully saturated rings. The van der Waals surface area contributed by atoms with Gasteiger partial charge in [-0.1, -0.05) is 43.8 Å². The number of hydrogen-bond donors (Lipinski definition) is 1. The maximum atomic E-state index is 6.38. The van der Waals surface area contributed by atoms with E-state index in [-0.39, 0.29) is 4.87 Å². The molecule has 0 aromatic rings. The van der Waals surface area contributed by atoms with Crippen LogP contribution in [0.2, 0.25) is 0 Å². The highest BCUT2D eigenvalue weighted by Crippen LogP contribution is 2.39. The van der Waals surface area contributed by atoms with E-state index in [1.807, 2.05) is 19.1 Å². The highest BCUT2D eigenvalue weighted by Gasteiger charge is 2.32. The molecule has 0 aromatic heterocycles. The quantitative estimate of drug-likeness (QED) is 0.434. The van der Waals surface area contributed by atoms with E-state index >= 15 is 0 Å². The lowest BCUT2D eigenvalue weighted by atomic mass is 9.80. The maximum absolute atomic E-state index is 6.38. The lowest BCUT2D eigenvalue weighted by Crippen LogP contribution is -2.29. The maximum Gasteiger partial charge on any atom is 0.0747 e. The van der Waals surface area contributed by atoms with E-state index in [1.165, 1.54) is 5.57 Å². The molecular formula is C11H15ClS2. The number of thiocarbonyl (C=S) groups is 1. The SMILES string of the molecule is CCC1=C(C(=S)S)C=CC(C)(Cl)C1C. The zero-order valence-electron chi connectivity index (χ0n) is 8.67. The van der Waals surface area contributed by atoms with Gasteiger partial charge in [0.15, 0.2) is 0 Å². The largest absolute Gasteiger partial charge is 0.131 e. The molecule has 0 nitrogen and oxygen atoms in total. The first-order valence-corrected chi connectivity index (χ1v) is 5.98. The van der Waals surface area contributed by atoms with Crippen molar-refractivity contribution in [3.05, 3.63) is 23.3 Å². The normalized spacial score (nSPS) is 32.2. The highest BCUT2D eigenvalue weighted by atomic mass is 35.5. The zero-order chi connectivity index (χ0) is 10.9. The van der Waals surface area contributed by atoms with Crippen LogP contribution in [0.1, 0.15) is 27.2 Å². The molecule has 1 aliphatic carbocycles. The Kier molecular flexibility index (Phi) is 3.84. The zero-order valence-corrected chi connectivity index (χ0v) is 11.1. The summed E-state index contributed by atoms with van der Waals surface area (Å²) >= 11 is 15.7. The van der Waals surface area contributed by atoms with Crippen molar-refractivity contribution in [2.45, 2.75) is 32.1 Å². The summed E-state index contributed by atoms with van der Waals surface area (Å²) in [7, 11) is 0. The van der Waals surface area contributed by atoms with E-state index in [1.54, 1.807) is 0 Å². The lowest BCUT2D eigenvalue weighted by Gasteiger charge is -2.33. The molecule has 3 heteroatoms. The number of thiol groups is 1. The monoisotopic (exact) mass is 246 g/mol. The second-order valence-corrected chi connectivity index (χ2v) is 5.78. The number of rotatable bonds is 2. The fraction of sp³-hybridized carbons (Fsp3) is 0.545. The Bertz CT molecular complexity index is 313. The summed E-state index contributed by atoms with van der Waals surface area (Å²) in [5.74, 6) is 0.319. The molecule has 14 heavy (non-hydrogen) atoms. The van der Waals surface area contributed by atoms with E-state index in [4.69, 9.17) is 23.8 Å². The van der Waals surface area contributed by atoms with Crippen molar-refractivity contribution >= 4 is 40.6 Å². The van der Waals surface area contributed by atoms with Crippen LogP contribution in [0.5, 0.6) is 0 Å². The smallest absolute Gasteiger partial charge is 0.0747 e. The molecule has 2 unspecified atom stereocenters. The molecule has 0 aliphatic heterocycles. The Morgan fingerprint density at radius 1 is 1.71 bits per heavy atom. The summed E-state index contributed by atoms with van der Waals surface area (Å²) in [5.41, 5.74) is 2.39. The van der Waals surface area contributed by atoms with Crippen molar-refractivity contribution in [2.24, 2.45) is 5.92 Å². The second kappa shape index (κ2) is 4.38. The Hall–Kier alpha value is 0.210. The molecule has 2 atom stereocenters. The molecule has 0 spiro atoms. The number of hydrogen-bond acceptors (Lipinski definition) is 1. The first-order chi connectivity index (χ1) is 6.40. The Labute approximate surface area is 102 Å². The molecule has 0 saturated heterocycles. The number of halogens is 1. The van der Waals surface area contributed by atoms with Crippen molar-refractivity contribution < 1.29 is 0 Å². The summed E-state index contributed by atoms with van der Waals surface area (Å²) in [5, 5.41) is 0. The molecule has 0 heterocycles. The van der Waals surface area contributed by atoms with Crippen LogP contribution in [0.3, 0.4) is 0 Å². The topological polar surface area (TPSA) is 0 Å². The van der Waals surface area contributed by atoms with Crippen LogP contribution >= 0.6 is 36.4 Å². The molecule has 0 bridgehead atoms. The van der Waals surface area contributed by atoms with Crippen LogP contribution in [-0.2, 0) is 0 Å². The van der Waals surface area contributed by atoms with Gasteiger partial charge in [0.1, 0.15) is 0 Å². The fourth-order valence-corrected chi connectivity index (χ4v) is 2.39. The van der Waals surface area contributed by atoms with E-state index in [9.17, 15) is 0 Å². The van der Waals surface area contributed by atoms with Crippen molar-refractivity contribution in [2.75, 3.05) is 0 Å². The van der Waals surface area contributed by atoms with Gasteiger partial charge in [0.2, 0.25) is 0 Å². The van der Waals surface area contributed by atoms with Gasteiger partial charge >= 0.3 is 0 Å².